The van der Waals surface area contributed by atoms with Gasteiger partial charge >= 0.3 is 0 Å². The van der Waals surface area contributed by atoms with E-state index >= 15 is 0 Å². The van der Waals surface area contributed by atoms with E-state index in [0.717, 1.165) is 12.1 Å². The van der Waals surface area contributed by atoms with Gasteiger partial charge in [0, 0.05) is 5.69 Å². The molecule has 0 spiro atoms. The molecule has 0 unspecified atom stereocenters. The molecule has 0 aliphatic heterocycles. The third kappa shape index (κ3) is 4.12. The Labute approximate surface area is 122 Å². The molecular formula is C19H25N. The van der Waals surface area contributed by atoms with Crippen molar-refractivity contribution in [3.05, 3.63) is 64.7 Å². The maximum Gasteiger partial charge on any atom is 0.0316 e. The lowest BCUT2D eigenvalue weighted by Crippen LogP contribution is -1.94. The Morgan fingerprint density at radius 2 is 1.60 bits per heavy atom. The monoisotopic (exact) mass is 267 g/mol. The predicted octanol–water partition coefficient (Wildman–Crippen LogP) is 4.90. The summed E-state index contributed by atoms with van der Waals surface area (Å²) in [5.74, 6) is 0. The molecule has 0 bridgehead atoms. The van der Waals surface area contributed by atoms with Crippen LogP contribution in [0.4, 0.5) is 5.69 Å². The van der Waals surface area contributed by atoms with E-state index < -0.39 is 0 Å². The van der Waals surface area contributed by atoms with Crippen LogP contribution in [0.3, 0.4) is 0 Å². The first kappa shape index (κ1) is 14.6. The van der Waals surface area contributed by atoms with Gasteiger partial charge in [-0.2, -0.15) is 0 Å². The highest BCUT2D eigenvalue weighted by Gasteiger charge is 2.01. The summed E-state index contributed by atoms with van der Waals surface area (Å²) in [7, 11) is 0. The quantitative estimate of drug-likeness (QED) is 0.584. The van der Waals surface area contributed by atoms with Crippen molar-refractivity contribution in [3.8, 4) is 0 Å². The number of rotatable bonds is 6. The van der Waals surface area contributed by atoms with Crippen LogP contribution in [-0.2, 0) is 12.8 Å². The fourth-order valence-corrected chi connectivity index (χ4v) is 2.54. The molecule has 2 aromatic carbocycles. The van der Waals surface area contributed by atoms with Crippen molar-refractivity contribution < 1.29 is 0 Å². The first-order valence-electron chi connectivity index (χ1n) is 7.62. The average Bonchev–Trinajstić information content (AvgIpc) is 2.44. The van der Waals surface area contributed by atoms with Gasteiger partial charge in [0.2, 0.25) is 0 Å². The normalized spacial score (nSPS) is 10.7. The standard InChI is InChI=1S/C19H25N/c1-3-4-5-6-16-7-9-17(10-8-16)14-18-11-12-19(20)13-15(18)2/h7-13H,3-6,14,20H2,1-2H3. The van der Waals surface area contributed by atoms with Gasteiger partial charge in [0.25, 0.3) is 0 Å². The molecule has 106 valence electrons. The van der Waals surface area contributed by atoms with Gasteiger partial charge in [-0.05, 0) is 60.6 Å². The smallest absolute Gasteiger partial charge is 0.0316 e. The zero-order valence-electron chi connectivity index (χ0n) is 12.7. The first-order chi connectivity index (χ1) is 9.69. The number of nitrogens with two attached hydrogens (primary N) is 1. The van der Waals surface area contributed by atoms with Crippen molar-refractivity contribution >= 4 is 5.69 Å². The van der Waals surface area contributed by atoms with Gasteiger partial charge in [-0.3, -0.25) is 0 Å². The van der Waals surface area contributed by atoms with Crippen LogP contribution in [0.1, 0.15) is 48.4 Å². The van der Waals surface area contributed by atoms with E-state index in [1.54, 1.807) is 0 Å². The molecule has 20 heavy (non-hydrogen) atoms. The van der Waals surface area contributed by atoms with Gasteiger partial charge < -0.3 is 5.73 Å². The molecule has 0 heterocycles. The van der Waals surface area contributed by atoms with Crippen LogP contribution in [-0.4, -0.2) is 0 Å². The zero-order chi connectivity index (χ0) is 14.4. The van der Waals surface area contributed by atoms with Gasteiger partial charge in [0.1, 0.15) is 0 Å². The van der Waals surface area contributed by atoms with Crippen molar-refractivity contribution in [2.75, 3.05) is 5.73 Å². The number of anilines is 1. The minimum atomic E-state index is 0.845. The summed E-state index contributed by atoms with van der Waals surface area (Å²) in [5.41, 5.74) is 12.1. The lowest BCUT2D eigenvalue weighted by atomic mass is 9.98. The Hall–Kier alpha value is -1.76. The highest BCUT2D eigenvalue weighted by molar-refractivity contribution is 5.45. The Bertz CT molecular complexity index is 540. The lowest BCUT2D eigenvalue weighted by molar-refractivity contribution is 0.717. The van der Waals surface area contributed by atoms with E-state index in [-0.39, 0.29) is 0 Å². The molecule has 0 amide bonds. The van der Waals surface area contributed by atoms with Crippen LogP contribution in [0.5, 0.6) is 0 Å². The molecule has 0 radical (unpaired) electrons. The fourth-order valence-electron chi connectivity index (χ4n) is 2.54. The second-order valence-corrected chi connectivity index (χ2v) is 5.64. The number of unbranched alkanes of at least 4 members (excludes halogenated alkanes) is 2. The van der Waals surface area contributed by atoms with E-state index in [1.165, 1.54) is 47.9 Å². The van der Waals surface area contributed by atoms with Gasteiger partial charge in [-0.15, -0.1) is 0 Å². The molecular weight excluding hydrogens is 242 g/mol. The van der Waals surface area contributed by atoms with E-state index in [9.17, 15) is 0 Å². The highest BCUT2D eigenvalue weighted by Crippen LogP contribution is 2.17. The number of hydrogen-bond donors (Lipinski definition) is 1. The lowest BCUT2D eigenvalue weighted by Gasteiger charge is -2.08. The molecule has 2 aromatic rings. The first-order valence-corrected chi connectivity index (χ1v) is 7.62. The Balaban J connectivity index is 1.99. The summed E-state index contributed by atoms with van der Waals surface area (Å²) in [4.78, 5) is 0. The Kier molecular flexibility index (Phi) is 5.23. The van der Waals surface area contributed by atoms with Crippen molar-refractivity contribution in [3.63, 3.8) is 0 Å². The minimum Gasteiger partial charge on any atom is -0.399 e. The third-order valence-corrected chi connectivity index (χ3v) is 3.85. The SMILES string of the molecule is CCCCCc1ccc(Cc2ccc(N)cc2C)cc1. The number of benzene rings is 2. The third-order valence-electron chi connectivity index (χ3n) is 3.85. The van der Waals surface area contributed by atoms with E-state index in [2.05, 4.69) is 50.2 Å². The molecule has 2 rings (SSSR count). The van der Waals surface area contributed by atoms with Gasteiger partial charge in [-0.1, -0.05) is 50.1 Å². The van der Waals surface area contributed by atoms with Crippen LogP contribution in [0, 0.1) is 6.92 Å². The van der Waals surface area contributed by atoms with Crippen LogP contribution < -0.4 is 5.73 Å². The fraction of sp³-hybridized carbons (Fsp3) is 0.368. The van der Waals surface area contributed by atoms with Crippen molar-refractivity contribution in [2.24, 2.45) is 0 Å². The summed E-state index contributed by atoms with van der Waals surface area (Å²) >= 11 is 0. The van der Waals surface area contributed by atoms with Gasteiger partial charge in [0.15, 0.2) is 0 Å². The molecule has 2 N–H and O–H groups in total. The number of hydrogen-bond acceptors (Lipinski definition) is 1. The Morgan fingerprint density at radius 3 is 2.25 bits per heavy atom. The van der Waals surface area contributed by atoms with Crippen molar-refractivity contribution in [2.45, 2.75) is 46.0 Å². The molecule has 1 heteroatoms. The van der Waals surface area contributed by atoms with Crippen LogP contribution >= 0.6 is 0 Å². The average molecular weight is 267 g/mol. The second-order valence-electron chi connectivity index (χ2n) is 5.64. The predicted molar refractivity (Wildman–Crippen MR) is 88.1 cm³/mol. The van der Waals surface area contributed by atoms with Crippen molar-refractivity contribution in [1.82, 2.24) is 0 Å². The van der Waals surface area contributed by atoms with Crippen molar-refractivity contribution in [1.29, 1.82) is 0 Å². The second kappa shape index (κ2) is 7.14. The topological polar surface area (TPSA) is 26.0 Å². The summed E-state index contributed by atoms with van der Waals surface area (Å²) in [6, 6.07) is 15.2. The molecule has 0 fully saturated rings. The summed E-state index contributed by atoms with van der Waals surface area (Å²) in [5, 5.41) is 0. The molecule has 0 aliphatic carbocycles. The van der Waals surface area contributed by atoms with Crippen LogP contribution in [0.25, 0.3) is 0 Å². The van der Waals surface area contributed by atoms with E-state index in [0.29, 0.717) is 0 Å². The molecule has 0 aromatic heterocycles. The van der Waals surface area contributed by atoms with Crippen LogP contribution in [0.2, 0.25) is 0 Å². The maximum absolute atomic E-state index is 5.80. The summed E-state index contributed by atoms with van der Waals surface area (Å²) < 4.78 is 0. The van der Waals surface area contributed by atoms with Gasteiger partial charge in [0.05, 0.1) is 0 Å². The highest BCUT2D eigenvalue weighted by atomic mass is 14.5. The Morgan fingerprint density at radius 1 is 0.900 bits per heavy atom. The van der Waals surface area contributed by atoms with E-state index in [1.807, 2.05) is 6.07 Å². The minimum absolute atomic E-state index is 0.845. The largest absolute Gasteiger partial charge is 0.399 e. The molecule has 0 saturated carbocycles. The summed E-state index contributed by atoms with van der Waals surface area (Å²) in [6.07, 6.45) is 6.10. The molecule has 0 aliphatic rings. The molecule has 0 saturated heterocycles. The number of aryl methyl sites for hydroxylation is 2. The number of nitrogen functional groups attached to an aromatic ring is 1. The maximum atomic E-state index is 5.80. The summed E-state index contributed by atoms with van der Waals surface area (Å²) in [6.45, 7) is 4.38. The molecule has 0 atom stereocenters. The van der Waals surface area contributed by atoms with E-state index in [4.69, 9.17) is 5.73 Å². The van der Waals surface area contributed by atoms with Gasteiger partial charge in [-0.25, -0.2) is 0 Å². The van der Waals surface area contributed by atoms with Crippen LogP contribution in [0.15, 0.2) is 42.5 Å². The molecule has 1 nitrogen and oxygen atoms in total. The zero-order valence-corrected chi connectivity index (χ0v) is 12.7.